The summed E-state index contributed by atoms with van der Waals surface area (Å²) in [7, 11) is 1.58. The van der Waals surface area contributed by atoms with Crippen molar-refractivity contribution in [1.82, 2.24) is 4.90 Å². The molecule has 2 rings (SSSR count). The van der Waals surface area contributed by atoms with Crippen molar-refractivity contribution in [2.45, 2.75) is 37.5 Å². The van der Waals surface area contributed by atoms with Crippen LogP contribution in [0.3, 0.4) is 0 Å². The van der Waals surface area contributed by atoms with E-state index in [1.54, 1.807) is 6.92 Å². The van der Waals surface area contributed by atoms with Gasteiger partial charge in [0.2, 0.25) is 0 Å². The number of rotatable bonds is 2. The largest absolute Gasteiger partial charge is 0.338 e. The average Bonchev–Trinajstić information content (AvgIpc) is 2.57. The molecule has 1 fully saturated rings. The summed E-state index contributed by atoms with van der Waals surface area (Å²) in [6.07, 6.45) is 4.32. The number of carbonyl (C=O) groups is 1. The first-order valence-corrected chi connectivity index (χ1v) is 9.36. The molecule has 106 valence electrons. The number of thiophene rings is 1. The van der Waals surface area contributed by atoms with E-state index < -0.39 is 9.05 Å². The van der Waals surface area contributed by atoms with Crippen molar-refractivity contribution in [3.05, 3.63) is 15.8 Å². The van der Waals surface area contributed by atoms with E-state index in [0.717, 1.165) is 38.8 Å². The van der Waals surface area contributed by atoms with Crippen molar-refractivity contribution in [2.24, 2.45) is 0 Å². The lowest BCUT2D eigenvalue weighted by Crippen LogP contribution is -2.31. The van der Waals surface area contributed by atoms with E-state index in [9.17, 15) is 13.2 Å². The van der Waals surface area contributed by atoms with E-state index in [-0.39, 0.29) is 10.8 Å². The summed E-state index contributed by atoms with van der Waals surface area (Å²) in [6.45, 7) is 3.16. The number of hydrogen-bond acceptors (Lipinski definition) is 4. The van der Waals surface area contributed by atoms with Crippen molar-refractivity contribution in [1.29, 1.82) is 0 Å². The number of halogens is 1. The fourth-order valence-corrected chi connectivity index (χ4v) is 4.87. The zero-order chi connectivity index (χ0) is 14.0. The minimum Gasteiger partial charge on any atom is -0.338 e. The second-order valence-electron chi connectivity index (χ2n) is 4.68. The normalized spacial score (nSPS) is 17.3. The van der Waals surface area contributed by atoms with Crippen LogP contribution in [-0.2, 0) is 9.05 Å². The van der Waals surface area contributed by atoms with Crippen LogP contribution in [0.4, 0.5) is 0 Å². The van der Waals surface area contributed by atoms with Crippen LogP contribution in [0.5, 0.6) is 0 Å². The molecule has 1 aliphatic heterocycles. The molecule has 19 heavy (non-hydrogen) atoms. The molecule has 0 saturated carbocycles. The first kappa shape index (κ1) is 14.8. The highest BCUT2D eigenvalue weighted by molar-refractivity contribution is 8.13. The maximum atomic E-state index is 12.3. The van der Waals surface area contributed by atoms with Crippen LogP contribution in [0.15, 0.2) is 11.0 Å². The number of nitrogens with zero attached hydrogens (tertiary/aromatic N) is 1. The number of likely N-dealkylation sites (tertiary alicyclic amines) is 1. The van der Waals surface area contributed by atoms with Gasteiger partial charge in [0.05, 0.1) is 9.77 Å². The third-order valence-electron chi connectivity index (χ3n) is 3.24. The molecule has 1 aromatic rings. The molecule has 0 aromatic carbocycles. The molecule has 2 heterocycles. The Morgan fingerprint density at radius 1 is 1.26 bits per heavy atom. The highest BCUT2D eigenvalue weighted by atomic mass is 35.7. The first-order valence-electron chi connectivity index (χ1n) is 6.24. The summed E-state index contributed by atoms with van der Waals surface area (Å²) < 4.78 is 22.7. The van der Waals surface area contributed by atoms with E-state index >= 15 is 0 Å². The van der Waals surface area contributed by atoms with Gasteiger partial charge in [0.25, 0.3) is 15.0 Å². The standard InChI is InChI=1S/C12H16ClNO3S2/c1-9-11(19(13,16)17)8-10(18-9)12(15)14-6-4-2-3-5-7-14/h8H,2-7H2,1H3. The van der Waals surface area contributed by atoms with Gasteiger partial charge < -0.3 is 4.90 Å². The molecule has 0 aliphatic carbocycles. The summed E-state index contributed by atoms with van der Waals surface area (Å²) in [5, 5.41) is 0. The fraction of sp³-hybridized carbons (Fsp3) is 0.583. The lowest BCUT2D eigenvalue weighted by Gasteiger charge is -2.19. The highest BCUT2D eigenvalue weighted by Gasteiger charge is 2.23. The smallest absolute Gasteiger partial charge is 0.263 e. The zero-order valence-corrected chi connectivity index (χ0v) is 13.1. The molecule has 0 bridgehead atoms. The molecule has 1 amide bonds. The van der Waals surface area contributed by atoms with Crippen molar-refractivity contribution >= 4 is 37.0 Å². The summed E-state index contributed by atoms with van der Waals surface area (Å²) in [6, 6.07) is 1.40. The third kappa shape index (κ3) is 3.49. The van der Waals surface area contributed by atoms with Gasteiger partial charge >= 0.3 is 0 Å². The van der Waals surface area contributed by atoms with E-state index in [1.165, 1.54) is 17.4 Å². The van der Waals surface area contributed by atoms with Crippen LogP contribution in [0.25, 0.3) is 0 Å². The summed E-state index contributed by atoms with van der Waals surface area (Å²) in [5.74, 6) is -0.0819. The molecular weight excluding hydrogens is 306 g/mol. The van der Waals surface area contributed by atoms with Crippen LogP contribution >= 0.6 is 22.0 Å². The first-order chi connectivity index (χ1) is 8.89. The molecule has 1 saturated heterocycles. The maximum absolute atomic E-state index is 12.3. The van der Waals surface area contributed by atoms with Gasteiger partial charge in [0, 0.05) is 28.6 Å². The topological polar surface area (TPSA) is 54.5 Å². The van der Waals surface area contributed by atoms with Gasteiger partial charge in [-0.3, -0.25) is 4.79 Å². The van der Waals surface area contributed by atoms with Gasteiger partial charge in [-0.25, -0.2) is 8.42 Å². The maximum Gasteiger partial charge on any atom is 0.263 e. The third-order valence-corrected chi connectivity index (χ3v) is 5.85. The Morgan fingerprint density at radius 3 is 2.32 bits per heavy atom. The molecule has 1 aromatic heterocycles. The SMILES string of the molecule is Cc1sc(C(=O)N2CCCCCC2)cc1S(=O)(=O)Cl. The van der Waals surface area contributed by atoms with Gasteiger partial charge in [-0.2, -0.15) is 0 Å². The van der Waals surface area contributed by atoms with E-state index in [2.05, 4.69) is 0 Å². The minimum atomic E-state index is -3.77. The monoisotopic (exact) mass is 321 g/mol. The molecule has 0 spiro atoms. The average molecular weight is 322 g/mol. The molecular formula is C12H16ClNO3S2. The van der Waals surface area contributed by atoms with Crippen molar-refractivity contribution < 1.29 is 13.2 Å². The second kappa shape index (κ2) is 5.81. The summed E-state index contributed by atoms with van der Waals surface area (Å²) >= 11 is 1.19. The molecule has 7 heteroatoms. The highest BCUT2D eigenvalue weighted by Crippen LogP contribution is 2.29. The van der Waals surface area contributed by atoms with Gasteiger partial charge in [0.15, 0.2) is 0 Å². The van der Waals surface area contributed by atoms with Crippen LogP contribution in [0.2, 0.25) is 0 Å². The van der Waals surface area contributed by atoms with Gasteiger partial charge in [0.1, 0.15) is 0 Å². The molecule has 0 N–H and O–H groups in total. The Balaban J connectivity index is 2.24. The zero-order valence-electron chi connectivity index (χ0n) is 10.7. The number of amides is 1. The van der Waals surface area contributed by atoms with Crippen molar-refractivity contribution in [3.63, 3.8) is 0 Å². The summed E-state index contributed by atoms with van der Waals surface area (Å²) in [4.78, 5) is 15.2. The van der Waals surface area contributed by atoms with Crippen LogP contribution in [-0.4, -0.2) is 32.3 Å². The van der Waals surface area contributed by atoms with Gasteiger partial charge in [-0.1, -0.05) is 12.8 Å². The van der Waals surface area contributed by atoms with Gasteiger partial charge in [-0.15, -0.1) is 11.3 Å². The van der Waals surface area contributed by atoms with Crippen molar-refractivity contribution in [3.8, 4) is 0 Å². The summed E-state index contributed by atoms with van der Waals surface area (Å²) in [5.41, 5.74) is 0. The lowest BCUT2D eigenvalue weighted by molar-refractivity contribution is 0.0766. The quantitative estimate of drug-likeness (QED) is 0.787. The second-order valence-corrected chi connectivity index (χ2v) is 8.47. The van der Waals surface area contributed by atoms with E-state index in [0.29, 0.717) is 9.75 Å². The predicted octanol–water partition coefficient (Wildman–Crippen LogP) is 3.00. The minimum absolute atomic E-state index is 0.0531. The molecule has 4 nitrogen and oxygen atoms in total. The van der Waals surface area contributed by atoms with Crippen LogP contribution in [0.1, 0.15) is 40.2 Å². The molecule has 1 aliphatic rings. The Hall–Kier alpha value is -0.590. The Morgan fingerprint density at radius 2 is 1.84 bits per heavy atom. The molecule has 0 radical (unpaired) electrons. The van der Waals surface area contributed by atoms with Crippen LogP contribution in [0, 0.1) is 6.92 Å². The number of carbonyl (C=O) groups excluding carboxylic acids is 1. The fourth-order valence-electron chi connectivity index (χ4n) is 2.24. The van der Waals surface area contributed by atoms with Crippen molar-refractivity contribution in [2.75, 3.05) is 13.1 Å². The Kier molecular flexibility index (Phi) is 4.53. The predicted molar refractivity (Wildman–Crippen MR) is 76.5 cm³/mol. The lowest BCUT2D eigenvalue weighted by atomic mass is 10.2. The Bertz CT molecular complexity index is 572. The number of hydrogen-bond donors (Lipinski definition) is 0. The Labute approximate surface area is 121 Å². The molecule has 0 atom stereocenters. The van der Waals surface area contributed by atoms with Crippen LogP contribution < -0.4 is 0 Å². The van der Waals surface area contributed by atoms with E-state index in [4.69, 9.17) is 10.7 Å². The van der Waals surface area contributed by atoms with E-state index in [1.807, 2.05) is 4.90 Å². The molecule has 0 unspecified atom stereocenters. The van der Waals surface area contributed by atoms with Gasteiger partial charge in [-0.05, 0) is 25.8 Å². The number of aryl methyl sites for hydroxylation is 1.